The van der Waals surface area contributed by atoms with Crippen molar-refractivity contribution in [1.82, 2.24) is 4.90 Å². The van der Waals surface area contributed by atoms with Crippen LogP contribution in [0.1, 0.15) is 36.7 Å². The van der Waals surface area contributed by atoms with Crippen LogP contribution in [0.2, 0.25) is 0 Å². The summed E-state index contributed by atoms with van der Waals surface area (Å²) >= 11 is 0. The highest BCUT2D eigenvalue weighted by Gasteiger charge is 2.26. The van der Waals surface area contributed by atoms with Gasteiger partial charge in [0, 0.05) is 24.3 Å². The maximum absolute atomic E-state index is 12.2. The van der Waals surface area contributed by atoms with Crippen LogP contribution in [0.25, 0.3) is 0 Å². The van der Waals surface area contributed by atoms with E-state index in [1.165, 1.54) is 4.90 Å². The number of amides is 1. The zero-order valence-electron chi connectivity index (χ0n) is 12.5. The molecule has 1 aromatic rings. The number of hydrogen-bond donors (Lipinski definition) is 2. The van der Waals surface area contributed by atoms with Gasteiger partial charge < -0.3 is 20.1 Å². The largest absolute Gasteiger partial charge is 0.478 e. The van der Waals surface area contributed by atoms with E-state index < -0.39 is 17.7 Å². The normalized spacial score (nSPS) is 14.7. The third kappa shape index (κ3) is 3.65. The fourth-order valence-electron chi connectivity index (χ4n) is 2.20. The minimum atomic E-state index is -1.00. The van der Waals surface area contributed by atoms with Crippen molar-refractivity contribution in [1.29, 1.82) is 0 Å². The third-order valence-corrected chi connectivity index (χ3v) is 3.10. The number of aromatic carboxylic acids is 1. The summed E-state index contributed by atoms with van der Waals surface area (Å²) in [5.41, 5.74) is 0.983. The molecule has 1 aromatic carbocycles. The Hall–Kier alpha value is -2.24. The zero-order chi connectivity index (χ0) is 15.6. The van der Waals surface area contributed by atoms with Crippen LogP contribution in [0.3, 0.4) is 0 Å². The van der Waals surface area contributed by atoms with Crippen molar-refractivity contribution in [3.63, 3.8) is 0 Å². The molecule has 0 aromatic heterocycles. The monoisotopic (exact) mass is 292 g/mol. The van der Waals surface area contributed by atoms with Crippen molar-refractivity contribution in [2.24, 2.45) is 0 Å². The van der Waals surface area contributed by atoms with E-state index in [1.54, 1.807) is 32.9 Å². The fraction of sp³-hybridized carbons (Fsp3) is 0.467. The molecule has 1 aliphatic rings. The standard InChI is InChI=1S/C15H20N2O4/c1-15(2,3)21-14(20)17-8-7-16-12-6-4-5-10(13(18)19)11(12)9-17/h4-6,16H,7-9H2,1-3H3,(H,18,19). The van der Waals surface area contributed by atoms with Gasteiger partial charge in [-0.05, 0) is 32.9 Å². The lowest BCUT2D eigenvalue weighted by Gasteiger charge is -2.26. The van der Waals surface area contributed by atoms with Crippen LogP contribution in [0.15, 0.2) is 18.2 Å². The average molecular weight is 292 g/mol. The highest BCUT2D eigenvalue weighted by Crippen LogP contribution is 2.25. The van der Waals surface area contributed by atoms with Crippen molar-refractivity contribution in [3.05, 3.63) is 29.3 Å². The highest BCUT2D eigenvalue weighted by atomic mass is 16.6. The number of ether oxygens (including phenoxy) is 1. The number of carboxylic acid groups (broad SMARTS) is 1. The van der Waals surface area contributed by atoms with E-state index in [0.29, 0.717) is 18.7 Å². The molecule has 0 radical (unpaired) electrons. The number of hydrogen-bond acceptors (Lipinski definition) is 4. The van der Waals surface area contributed by atoms with Gasteiger partial charge in [-0.1, -0.05) is 6.07 Å². The summed E-state index contributed by atoms with van der Waals surface area (Å²) in [6, 6.07) is 5.06. The van der Waals surface area contributed by atoms with Crippen molar-refractivity contribution in [2.45, 2.75) is 32.9 Å². The van der Waals surface area contributed by atoms with Crippen LogP contribution >= 0.6 is 0 Å². The van der Waals surface area contributed by atoms with Crippen molar-refractivity contribution in [3.8, 4) is 0 Å². The van der Waals surface area contributed by atoms with E-state index in [-0.39, 0.29) is 12.1 Å². The zero-order valence-corrected chi connectivity index (χ0v) is 12.5. The second-order valence-corrected chi connectivity index (χ2v) is 5.97. The van der Waals surface area contributed by atoms with Gasteiger partial charge in [0.15, 0.2) is 0 Å². The first-order chi connectivity index (χ1) is 9.78. The summed E-state index contributed by atoms with van der Waals surface area (Å²) in [6.45, 7) is 6.64. The van der Waals surface area contributed by atoms with Crippen molar-refractivity contribution < 1.29 is 19.4 Å². The summed E-state index contributed by atoms with van der Waals surface area (Å²) in [4.78, 5) is 25.0. The summed E-state index contributed by atoms with van der Waals surface area (Å²) in [6.07, 6.45) is -0.433. The molecule has 21 heavy (non-hydrogen) atoms. The number of carbonyl (C=O) groups excluding carboxylic acids is 1. The minimum absolute atomic E-state index is 0.204. The summed E-state index contributed by atoms with van der Waals surface area (Å²) in [5.74, 6) is -1.00. The maximum atomic E-state index is 12.2. The first-order valence-corrected chi connectivity index (χ1v) is 6.85. The number of benzene rings is 1. The topological polar surface area (TPSA) is 78.9 Å². The molecule has 0 saturated heterocycles. The molecule has 6 heteroatoms. The maximum Gasteiger partial charge on any atom is 0.410 e. The van der Waals surface area contributed by atoms with Gasteiger partial charge >= 0.3 is 12.1 Å². The molecule has 0 spiro atoms. The molecule has 0 atom stereocenters. The lowest BCUT2D eigenvalue weighted by molar-refractivity contribution is 0.0243. The SMILES string of the molecule is CC(C)(C)OC(=O)N1CCNc2cccc(C(=O)O)c2C1. The second kappa shape index (κ2) is 5.63. The van der Waals surface area contributed by atoms with E-state index >= 15 is 0 Å². The van der Waals surface area contributed by atoms with Crippen LogP contribution in [0.5, 0.6) is 0 Å². The Kier molecular flexibility index (Phi) is 4.06. The number of nitrogens with one attached hydrogen (secondary N) is 1. The van der Waals surface area contributed by atoms with E-state index in [0.717, 1.165) is 5.69 Å². The predicted molar refractivity (Wildman–Crippen MR) is 78.5 cm³/mol. The number of carboxylic acids is 1. The number of fused-ring (bicyclic) bond motifs is 1. The smallest absolute Gasteiger partial charge is 0.410 e. The molecule has 0 unspecified atom stereocenters. The third-order valence-electron chi connectivity index (χ3n) is 3.10. The van der Waals surface area contributed by atoms with Crippen molar-refractivity contribution in [2.75, 3.05) is 18.4 Å². The Morgan fingerprint density at radius 3 is 2.67 bits per heavy atom. The molecule has 6 nitrogen and oxygen atoms in total. The molecule has 0 saturated carbocycles. The van der Waals surface area contributed by atoms with E-state index in [9.17, 15) is 14.7 Å². The lowest BCUT2D eigenvalue weighted by atomic mass is 10.1. The van der Waals surface area contributed by atoms with Gasteiger partial charge in [-0.15, -0.1) is 0 Å². The number of rotatable bonds is 1. The molecule has 1 amide bonds. The molecule has 2 N–H and O–H groups in total. The second-order valence-electron chi connectivity index (χ2n) is 5.97. The molecule has 0 fully saturated rings. The Balaban J connectivity index is 2.28. The van der Waals surface area contributed by atoms with E-state index in [4.69, 9.17) is 4.74 Å². The molecule has 114 valence electrons. The highest BCUT2D eigenvalue weighted by molar-refractivity contribution is 5.91. The number of nitrogens with zero attached hydrogens (tertiary/aromatic N) is 1. The summed E-state index contributed by atoms with van der Waals surface area (Å²) in [7, 11) is 0. The number of carbonyl (C=O) groups is 2. The first kappa shape index (κ1) is 15.2. The van der Waals surface area contributed by atoms with Crippen LogP contribution < -0.4 is 5.32 Å². The van der Waals surface area contributed by atoms with Gasteiger partial charge in [0.25, 0.3) is 0 Å². The minimum Gasteiger partial charge on any atom is -0.478 e. The summed E-state index contributed by atoms with van der Waals surface area (Å²) < 4.78 is 5.36. The molecule has 1 heterocycles. The molecule has 0 bridgehead atoms. The Morgan fingerprint density at radius 2 is 2.05 bits per heavy atom. The Labute approximate surface area is 123 Å². The Morgan fingerprint density at radius 1 is 1.33 bits per heavy atom. The van der Waals surface area contributed by atoms with Crippen LogP contribution in [0.4, 0.5) is 10.5 Å². The van der Waals surface area contributed by atoms with Gasteiger partial charge in [-0.25, -0.2) is 9.59 Å². The van der Waals surface area contributed by atoms with Crippen LogP contribution in [-0.4, -0.2) is 40.8 Å². The quantitative estimate of drug-likeness (QED) is 0.831. The lowest BCUT2D eigenvalue weighted by Crippen LogP contribution is -2.37. The summed E-state index contributed by atoms with van der Waals surface area (Å²) in [5, 5.41) is 12.4. The van der Waals surface area contributed by atoms with Gasteiger partial charge in [0.05, 0.1) is 12.1 Å². The van der Waals surface area contributed by atoms with Gasteiger partial charge in [-0.2, -0.15) is 0 Å². The molecular weight excluding hydrogens is 272 g/mol. The Bertz CT molecular complexity index is 563. The molecule has 2 rings (SSSR count). The fourth-order valence-corrected chi connectivity index (χ4v) is 2.20. The van der Waals surface area contributed by atoms with Gasteiger partial charge in [-0.3, -0.25) is 0 Å². The predicted octanol–water partition coefficient (Wildman–Crippen LogP) is 2.55. The van der Waals surface area contributed by atoms with Crippen LogP contribution in [-0.2, 0) is 11.3 Å². The average Bonchev–Trinajstić information content (AvgIpc) is 2.57. The van der Waals surface area contributed by atoms with Gasteiger partial charge in [0.1, 0.15) is 5.60 Å². The van der Waals surface area contributed by atoms with Gasteiger partial charge in [0.2, 0.25) is 0 Å². The van der Waals surface area contributed by atoms with Crippen LogP contribution in [0, 0.1) is 0 Å². The van der Waals surface area contributed by atoms with Crippen molar-refractivity contribution >= 4 is 17.7 Å². The number of anilines is 1. The molecule has 1 aliphatic heterocycles. The van der Waals surface area contributed by atoms with E-state index in [2.05, 4.69) is 5.32 Å². The first-order valence-electron chi connectivity index (χ1n) is 6.85. The molecular formula is C15H20N2O4. The molecule has 0 aliphatic carbocycles. The van der Waals surface area contributed by atoms with E-state index in [1.807, 2.05) is 6.07 Å².